The molecule has 4 nitrogen and oxygen atoms in total. The van der Waals surface area contributed by atoms with Gasteiger partial charge in [0.2, 0.25) is 0 Å². The fraction of sp³-hybridized carbons (Fsp3) is 0.833. The van der Waals surface area contributed by atoms with E-state index >= 15 is 0 Å². The summed E-state index contributed by atoms with van der Waals surface area (Å²) in [6, 6.07) is 0.234. The molecule has 1 amide bonds. The fourth-order valence-electron chi connectivity index (χ4n) is 1.78. The number of carbonyl (C=O) groups is 1. The van der Waals surface area contributed by atoms with E-state index in [0.717, 1.165) is 6.54 Å². The van der Waals surface area contributed by atoms with Crippen molar-refractivity contribution in [2.45, 2.75) is 18.2 Å². The Kier molecular flexibility index (Phi) is 0.642. The van der Waals surface area contributed by atoms with Crippen molar-refractivity contribution in [2.24, 2.45) is 0 Å². The summed E-state index contributed by atoms with van der Waals surface area (Å²) in [4.78, 5) is 12.6. The van der Waals surface area contributed by atoms with Crippen LogP contribution in [-0.4, -0.2) is 42.4 Å². The van der Waals surface area contributed by atoms with Crippen molar-refractivity contribution in [3.8, 4) is 0 Å². The van der Waals surface area contributed by atoms with Crippen LogP contribution in [0.1, 0.15) is 0 Å². The lowest BCUT2D eigenvalue weighted by atomic mass is 10.2. The van der Waals surface area contributed by atoms with Gasteiger partial charge in [0, 0.05) is 0 Å². The van der Waals surface area contributed by atoms with Crippen LogP contribution < -0.4 is 0 Å². The summed E-state index contributed by atoms with van der Waals surface area (Å²) in [5.41, 5.74) is 0. The molecule has 0 aliphatic carbocycles. The molecule has 0 unspecified atom stereocenters. The minimum absolute atomic E-state index is 0.166. The molecule has 3 aliphatic heterocycles. The minimum atomic E-state index is -0.166. The van der Waals surface area contributed by atoms with Gasteiger partial charge in [0.1, 0.15) is 18.8 Å². The molecule has 3 aliphatic rings. The zero-order valence-electron chi connectivity index (χ0n) is 5.32. The topological polar surface area (TPSA) is 42.1 Å². The van der Waals surface area contributed by atoms with Gasteiger partial charge >= 0.3 is 6.09 Å². The second kappa shape index (κ2) is 1.29. The highest BCUT2D eigenvalue weighted by Crippen LogP contribution is 2.39. The van der Waals surface area contributed by atoms with Crippen LogP contribution in [0.25, 0.3) is 0 Å². The van der Waals surface area contributed by atoms with Gasteiger partial charge in [-0.15, -0.1) is 0 Å². The van der Waals surface area contributed by atoms with Crippen LogP contribution in [-0.2, 0) is 9.47 Å². The predicted octanol–water partition coefficient (Wildman–Crippen LogP) is -0.412. The molecule has 4 heteroatoms. The monoisotopic (exact) mass is 141 g/mol. The molecular weight excluding hydrogens is 134 g/mol. The smallest absolute Gasteiger partial charge is 0.410 e. The second-order valence-corrected chi connectivity index (χ2v) is 2.94. The quantitative estimate of drug-likeness (QED) is 0.430. The van der Waals surface area contributed by atoms with Gasteiger partial charge in [-0.2, -0.15) is 0 Å². The molecule has 0 aromatic rings. The summed E-state index contributed by atoms with van der Waals surface area (Å²) in [5, 5.41) is 0. The maximum Gasteiger partial charge on any atom is 0.410 e. The van der Waals surface area contributed by atoms with E-state index in [1.54, 1.807) is 4.90 Å². The minimum Gasteiger partial charge on any atom is -0.447 e. The standard InChI is InChI=1S/C6H7NO3/c8-6-7-1-4-5(10-4)3(7)2-9-6/h3-5H,1-2H2/t3-,4+,5-/m1/s1. The van der Waals surface area contributed by atoms with Crippen molar-refractivity contribution in [1.29, 1.82) is 0 Å². The first-order valence-corrected chi connectivity index (χ1v) is 3.45. The van der Waals surface area contributed by atoms with E-state index in [9.17, 15) is 4.79 Å². The van der Waals surface area contributed by atoms with Gasteiger partial charge in [0.05, 0.1) is 12.6 Å². The molecule has 3 atom stereocenters. The average molecular weight is 141 g/mol. The van der Waals surface area contributed by atoms with Gasteiger partial charge in [-0.25, -0.2) is 4.79 Å². The molecule has 10 heavy (non-hydrogen) atoms. The summed E-state index contributed by atoms with van der Waals surface area (Å²) in [5.74, 6) is 0. The Morgan fingerprint density at radius 3 is 3.30 bits per heavy atom. The number of nitrogens with zero attached hydrogens (tertiary/aromatic N) is 1. The Hall–Kier alpha value is -0.770. The maximum absolute atomic E-state index is 10.9. The summed E-state index contributed by atoms with van der Waals surface area (Å²) in [7, 11) is 0. The lowest BCUT2D eigenvalue weighted by molar-refractivity contribution is 0.152. The lowest BCUT2D eigenvalue weighted by Gasteiger charge is -2.12. The number of amides is 1. The summed E-state index contributed by atoms with van der Waals surface area (Å²) >= 11 is 0. The van der Waals surface area contributed by atoms with Crippen molar-refractivity contribution >= 4 is 6.09 Å². The second-order valence-electron chi connectivity index (χ2n) is 2.94. The van der Waals surface area contributed by atoms with Gasteiger partial charge in [0.25, 0.3) is 0 Å². The Morgan fingerprint density at radius 1 is 1.60 bits per heavy atom. The number of carbonyl (C=O) groups excluding carboxylic acids is 1. The first kappa shape index (κ1) is 4.96. The molecule has 0 saturated carbocycles. The highest BCUT2D eigenvalue weighted by molar-refractivity contribution is 5.71. The third kappa shape index (κ3) is 0.408. The van der Waals surface area contributed by atoms with E-state index in [2.05, 4.69) is 0 Å². The van der Waals surface area contributed by atoms with Crippen LogP contribution in [0.5, 0.6) is 0 Å². The molecule has 3 heterocycles. The molecule has 3 saturated heterocycles. The molecule has 0 aromatic heterocycles. The first-order valence-electron chi connectivity index (χ1n) is 3.45. The molecule has 0 bridgehead atoms. The highest BCUT2D eigenvalue weighted by atomic mass is 16.6. The number of rotatable bonds is 0. The van der Waals surface area contributed by atoms with Gasteiger partial charge in [0.15, 0.2) is 0 Å². The van der Waals surface area contributed by atoms with E-state index in [1.807, 2.05) is 0 Å². The third-order valence-corrected chi connectivity index (χ3v) is 2.39. The number of hydrogen-bond acceptors (Lipinski definition) is 3. The zero-order chi connectivity index (χ0) is 6.72. The number of epoxide rings is 1. The van der Waals surface area contributed by atoms with Crippen LogP contribution in [0.4, 0.5) is 4.79 Å². The molecule has 54 valence electrons. The highest BCUT2D eigenvalue weighted by Gasteiger charge is 2.59. The Labute approximate surface area is 57.7 Å². The number of morpholine rings is 1. The maximum atomic E-state index is 10.9. The summed E-state index contributed by atoms with van der Waals surface area (Å²) in [6.45, 7) is 1.27. The van der Waals surface area contributed by atoms with Crippen molar-refractivity contribution in [3.05, 3.63) is 0 Å². The van der Waals surface area contributed by atoms with E-state index in [1.165, 1.54) is 0 Å². The van der Waals surface area contributed by atoms with Gasteiger partial charge in [-0.05, 0) is 0 Å². The molecule has 3 rings (SSSR count). The van der Waals surface area contributed by atoms with E-state index < -0.39 is 0 Å². The molecular formula is C6H7NO3. The van der Waals surface area contributed by atoms with E-state index in [4.69, 9.17) is 9.47 Å². The van der Waals surface area contributed by atoms with Crippen LogP contribution in [0.15, 0.2) is 0 Å². The molecule has 3 fully saturated rings. The largest absolute Gasteiger partial charge is 0.447 e. The van der Waals surface area contributed by atoms with Crippen LogP contribution in [0.3, 0.4) is 0 Å². The van der Waals surface area contributed by atoms with E-state index in [0.29, 0.717) is 18.8 Å². The van der Waals surface area contributed by atoms with Crippen molar-refractivity contribution in [2.75, 3.05) is 13.2 Å². The van der Waals surface area contributed by atoms with Gasteiger partial charge in [-0.3, -0.25) is 4.90 Å². The lowest BCUT2D eigenvalue weighted by Crippen LogP contribution is -2.32. The number of cyclic esters (lactones) is 1. The summed E-state index contributed by atoms with van der Waals surface area (Å²) in [6.07, 6.45) is 0.463. The predicted molar refractivity (Wildman–Crippen MR) is 30.5 cm³/mol. The van der Waals surface area contributed by atoms with Gasteiger partial charge in [-0.1, -0.05) is 0 Å². The fourth-order valence-corrected chi connectivity index (χ4v) is 1.78. The first-order chi connectivity index (χ1) is 4.86. The van der Waals surface area contributed by atoms with Crippen molar-refractivity contribution < 1.29 is 14.3 Å². The van der Waals surface area contributed by atoms with E-state index in [-0.39, 0.29) is 12.1 Å². The zero-order valence-corrected chi connectivity index (χ0v) is 5.32. The number of fused-ring (bicyclic) bond motifs is 3. The Morgan fingerprint density at radius 2 is 2.50 bits per heavy atom. The van der Waals surface area contributed by atoms with Crippen LogP contribution >= 0.6 is 0 Å². The van der Waals surface area contributed by atoms with Crippen molar-refractivity contribution in [1.82, 2.24) is 4.90 Å². The molecule has 0 spiro atoms. The van der Waals surface area contributed by atoms with Crippen LogP contribution in [0.2, 0.25) is 0 Å². The summed E-state index contributed by atoms with van der Waals surface area (Å²) < 4.78 is 10.1. The normalized spacial score (nSPS) is 48.6. The van der Waals surface area contributed by atoms with Crippen LogP contribution in [0, 0.1) is 0 Å². The molecule has 0 N–H and O–H groups in total. The Balaban J connectivity index is 1.92. The Bertz CT molecular complexity index is 205. The van der Waals surface area contributed by atoms with Crippen molar-refractivity contribution in [3.63, 3.8) is 0 Å². The molecule has 0 radical (unpaired) electrons. The molecule has 0 aromatic carbocycles. The number of ether oxygens (including phenoxy) is 2. The third-order valence-electron chi connectivity index (χ3n) is 2.39. The average Bonchev–Trinajstić information content (AvgIpc) is 2.46. The SMILES string of the molecule is O=C1OC[C@@H]2[C@H]3O[C@H]3CN12. The van der Waals surface area contributed by atoms with Gasteiger partial charge < -0.3 is 9.47 Å². The number of hydrogen-bond donors (Lipinski definition) is 0.